The fraction of sp³-hybridized carbons (Fsp3) is 0.294. The van der Waals surface area contributed by atoms with Gasteiger partial charge in [-0.15, -0.1) is 21.5 Å². The molecule has 3 aromatic heterocycles. The van der Waals surface area contributed by atoms with E-state index in [2.05, 4.69) is 98.6 Å². The summed E-state index contributed by atoms with van der Waals surface area (Å²) < 4.78 is 38.1. The molecular formula is C34H33BrF2N10OS. The van der Waals surface area contributed by atoms with Gasteiger partial charge in [-0.2, -0.15) is 0 Å². The van der Waals surface area contributed by atoms with Crippen LogP contribution in [0.3, 0.4) is 0 Å². The van der Waals surface area contributed by atoms with Crippen LogP contribution in [0.1, 0.15) is 52.2 Å². The van der Waals surface area contributed by atoms with Crippen LogP contribution >= 0.6 is 27.3 Å². The zero-order valence-electron chi connectivity index (χ0n) is 26.6. The molecule has 0 saturated heterocycles. The Kier molecular flexibility index (Phi) is 10.1. The predicted octanol–water partition coefficient (Wildman–Crippen LogP) is 6.06. The minimum Gasteiger partial charge on any atom is -0.494 e. The minimum absolute atomic E-state index is 0.132. The van der Waals surface area contributed by atoms with E-state index < -0.39 is 11.6 Å². The van der Waals surface area contributed by atoms with E-state index in [9.17, 15) is 8.78 Å². The van der Waals surface area contributed by atoms with Gasteiger partial charge in [0.15, 0.2) is 23.3 Å². The number of thiophene rings is 1. The SMILES string of the molecule is Brc1ccc(CN2CCn3nnnc3C2c2cccs2)cc1.CCOc1ccc(C2c3nnnn3CCN2Cc2cccc(F)c2F)cc1. The van der Waals surface area contributed by atoms with E-state index in [0.29, 0.717) is 31.1 Å². The van der Waals surface area contributed by atoms with Gasteiger partial charge in [0.1, 0.15) is 11.8 Å². The first kappa shape index (κ1) is 33.1. The summed E-state index contributed by atoms with van der Waals surface area (Å²) in [7, 11) is 0. The lowest BCUT2D eigenvalue weighted by molar-refractivity contribution is 0.161. The number of benzene rings is 3. The molecule has 0 amide bonds. The van der Waals surface area contributed by atoms with Crippen LogP contribution in [0.25, 0.3) is 0 Å². The Balaban J connectivity index is 0.000000157. The second kappa shape index (κ2) is 15.0. The number of aromatic nitrogens is 8. The number of fused-ring (bicyclic) bond motifs is 2. The van der Waals surface area contributed by atoms with E-state index in [1.807, 2.05) is 35.9 Å². The lowest BCUT2D eigenvalue weighted by atomic mass is 10.0. The number of tetrazole rings is 2. The molecule has 0 saturated carbocycles. The first-order valence-electron chi connectivity index (χ1n) is 15.9. The topological polar surface area (TPSA) is 103 Å². The number of ether oxygens (including phenoxy) is 1. The summed E-state index contributed by atoms with van der Waals surface area (Å²) >= 11 is 5.24. The first-order valence-corrected chi connectivity index (χ1v) is 17.6. The Morgan fingerprint density at radius 1 is 0.776 bits per heavy atom. The zero-order chi connectivity index (χ0) is 33.7. The first-order chi connectivity index (χ1) is 24.0. The van der Waals surface area contributed by atoms with Crippen molar-refractivity contribution >= 4 is 27.3 Å². The van der Waals surface area contributed by atoms with Crippen LogP contribution in [0.5, 0.6) is 5.75 Å². The summed E-state index contributed by atoms with van der Waals surface area (Å²) in [5, 5.41) is 26.3. The highest BCUT2D eigenvalue weighted by molar-refractivity contribution is 9.10. The van der Waals surface area contributed by atoms with Crippen molar-refractivity contribution in [3.8, 4) is 5.75 Å². The highest BCUT2D eigenvalue weighted by Gasteiger charge is 2.33. The third-order valence-electron chi connectivity index (χ3n) is 8.56. The summed E-state index contributed by atoms with van der Waals surface area (Å²) in [4.78, 5) is 5.79. The standard InChI is InChI=1S/C19H19F2N5O.C15H14BrN5S/c1-2-27-15-8-6-13(7-9-15)18-19-22-23-24-26(19)11-10-25(18)12-14-4-3-5-16(20)17(14)21;16-12-5-3-11(4-6-12)10-20-7-8-21-15(17-18-19-21)14(20)13-2-1-9-22-13/h3-9,18H,2,10-12H2,1H3;1-6,9,14H,7-8,10H2. The lowest BCUT2D eigenvalue weighted by Gasteiger charge is -2.35. The van der Waals surface area contributed by atoms with E-state index in [-0.39, 0.29) is 18.6 Å². The average molecular weight is 748 g/mol. The molecule has 8 rings (SSSR count). The molecule has 6 aromatic rings. The van der Waals surface area contributed by atoms with E-state index >= 15 is 0 Å². The molecule has 2 atom stereocenters. The van der Waals surface area contributed by atoms with Crippen LogP contribution in [0.2, 0.25) is 0 Å². The Morgan fingerprint density at radius 3 is 2.10 bits per heavy atom. The van der Waals surface area contributed by atoms with E-state index in [4.69, 9.17) is 4.74 Å². The van der Waals surface area contributed by atoms with Crippen molar-refractivity contribution in [1.82, 2.24) is 50.2 Å². The molecular weight excluding hydrogens is 714 g/mol. The molecule has 0 radical (unpaired) electrons. The highest BCUT2D eigenvalue weighted by atomic mass is 79.9. The summed E-state index contributed by atoms with van der Waals surface area (Å²) in [5.41, 5.74) is 2.57. The van der Waals surface area contributed by atoms with Crippen LogP contribution in [-0.4, -0.2) is 69.9 Å². The summed E-state index contributed by atoms with van der Waals surface area (Å²) in [6.07, 6.45) is 0. The van der Waals surface area contributed by atoms with E-state index in [1.54, 1.807) is 22.1 Å². The molecule has 0 bridgehead atoms. The Bertz CT molecular complexity index is 1970. The average Bonchev–Trinajstić information content (AvgIpc) is 3.92. The molecule has 5 heterocycles. The van der Waals surface area contributed by atoms with Gasteiger partial charge in [0.25, 0.3) is 0 Å². The predicted molar refractivity (Wildman–Crippen MR) is 183 cm³/mol. The van der Waals surface area contributed by atoms with E-state index in [1.165, 1.54) is 16.5 Å². The van der Waals surface area contributed by atoms with Gasteiger partial charge < -0.3 is 4.74 Å². The number of nitrogens with zero attached hydrogens (tertiary/aromatic N) is 10. The quantitative estimate of drug-likeness (QED) is 0.184. The van der Waals surface area contributed by atoms with Gasteiger partial charge >= 0.3 is 0 Å². The van der Waals surface area contributed by atoms with Crippen LogP contribution < -0.4 is 4.74 Å². The number of halogens is 3. The largest absolute Gasteiger partial charge is 0.494 e. The Labute approximate surface area is 294 Å². The van der Waals surface area contributed by atoms with Crippen molar-refractivity contribution in [3.63, 3.8) is 0 Å². The molecule has 49 heavy (non-hydrogen) atoms. The minimum atomic E-state index is -0.841. The van der Waals surface area contributed by atoms with Crippen molar-refractivity contribution in [2.75, 3.05) is 19.7 Å². The molecule has 2 aliphatic rings. The molecule has 0 aliphatic carbocycles. The second-order valence-electron chi connectivity index (χ2n) is 11.6. The molecule has 0 spiro atoms. The van der Waals surface area contributed by atoms with Crippen molar-refractivity contribution in [2.45, 2.75) is 45.2 Å². The third-order valence-corrected chi connectivity index (χ3v) is 10.0. The molecule has 2 aliphatic heterocycles. The van der Waals surface area contributed by atoms with Crippen LogP contribution in [0.15, 0.2) is 88.7 Å². The second-order valence-corrected chi connectivity index (χ2v) is 13.5. The molecule has 252 valence electrons. The molecule has 3 aromatic carbocycles. The van der Waals surface area contributed by atoms with E-state index in [0.717, 1.165) is 47.3 Å². The van der Waals surface area contributed by atoms with Crippen molar-refractivity contribution < 1.29 is 13.5 Å². The number of rotatable bonds is 8. The van der Waals surface area contributed by atoms with Crippen LogP contribution in [-0.2, 0) is 26.2 Å². The maximum absolute atomic E-state index is 14.2. The Morgan fingerprint density at radius 2 is 1.45 bits per heavy atom. The normalized spacial score (nSPS) is 17.6. The van der Waals surface area contributed by atoms with Gasteiger partial charge in [-0.3, -0.25) is 9.80 Å². The maximum atomic E-state index is 14.2. The van der Waals surface area contributed by atoms with Crippen LogP contribution in [0, 0.1) is 11.6 Å². The molecule has 15 heteroatoms. The lowest BCUT2D eigenvalue weighted by Crippen LogP contribution is -2.39. The van der Waals surface area contributed by atoms with Gasteiger partial charge in [0.05, 0.1) is 25.7 Å². The summed E-state index contributed by atoms with van der Waals surface area (Å²) in [6, 6.07) is 24.6. The maximum Gasteiger partial charge on any atom is 0.173 e. The zero-order valence-corrected chi connectivity index (χ0v) is 29.0. The van der Waals surface area contributed by atoms with Gasteiger partial charge in [-0.1, -0.05) is 58.4 Å². The molecule has 2 unspecified atom stereocenters. The summed E-state index contributed by atoms with van der Waals surface area (Å²) in [6.45, 7) is 6.65. The molecule has 11 nitrogen and oxygen atoms in total. The van der Waals surface area contributed by atoms with Gasteiger partial charge in [0.2, 0.25) is 0 Å². The van der Waals surface area contributed by atoms with Crippen molar-refractivity contribution in [2.24, 2.45) is 0 Å². The van der Waals surface area contributed by atoms with Crippen molar-refractivity contribution in [3.05, 3.63) is 134 Å². The van der Waals surface area contributed by atoms with Crippen molar-refractivity contribution in [1.29, 1.82) is 0 Å². The number of hydrogen-bond acceptors (Lipinski definition) is 10. The van der Waals surface area contributed by atoms with Gasteiger partial charge in [-0.25, -0.2) is 18.1 Å². The highest BCUT2D eigenvalue weighted by Crippen LogP contribution is 2.35. The molecule has 0 fully saturated rings. The number of hydrogen-bond donors (Lipinski definition) is 0. The van der Waals surface area contributed by atoms with Gasteiger partial charge in [-0.05, 0) is 80.7 Å². The summed E-state index contributed by atoms with van der Waals surface area (Å²) in [5.74, 6) is 0.743. The smallest absolute Gasteiger partial charge is 0.173 e. The molecule has 0 N–H and O–H groups in total. The van der Waals surface area contributed by atoms with Crippen LogP contribution in [0.4, 0.5) is 8.78 Å². The Hall–Kier alpha value is -4.44. The fourth-order valence-electron chi connectivity index (χ4n) is 6.25. The fourth-order valence-corrected chi connectivity index (χ4v) is 7.36. The van der Waals surface area contributed by atoms with Gasteiger partial charge in [0, 0.05) is 41.1 Å². The monoisotopic (exact) mass is 746 g/mol. The third kappa shape index (κ3) is 7.29.